The zero-order valence-electron chi connectivity index (χ0n) is 20.3. The van der Waals surface area contributed by atoms with Crippen LogP contribution in [-0.2, 0) is 22.5 Å². The third-order valence-corrected chi connectivity index (χ3v) is 6.31. The Labute approximate surface area is 217 Å². The summed E-state index contributed by atoms with van der Waals surface area (Å²) in [7, 11) is 0. The van der Waals surface area contributed by atoms with Gasteiger partial charge >= 0.3 is 12.3 Å². The summed E-state index contributed by atoms with van der Waals surface area (Å²) in [5, 5.41) is 11.7. The summed E-state index contributed by atoms with van der Waals surface area (Å²) in [4.78, 5) is 28.7. The normalized spacial score (nSPS) is 16.4. The van der Waals surface area contributed by atoms with Crippen LogP contribution in [0.2, 0.25) is 0 Å². The zero-order chi connectivity index (χ0) is 27.1. The number of hydrogen-bond donors (Lipinski definition) is 4. The molecule has 1 aliphatic rings. The van der Waals surface area contributed by atoms with Gasteiger partial charge in [0, 0.05) is 36.7 Å². The molecule has 2 atom stereocenters. The Hall–Kier alpha value is -4.01. The molecule has 4 rings (SSSR count). The van der Waals surface area contributed by atoms with Crippen molar-refractivity contribution in [3.8, 4) is 11.8 Å². The Bertz CT molecular complexity index is 1330. The average molecular weight is 529 g/mol. The number of alkyl carbamates (subject to hydrolysis) is 1. The number of ether oxygens (including phenoxy) is 1. The third kappa shape index (κ3) is 7.06. The lowest BCUT2D eigenvalue weighted by Gasteiger charge is -2.24. The van der Waals surface area contributed by atoms with E-state index in [0.29, 0.717) is 26.1 Å². The van der Waals surface area contributed by atoms with Crippen LogP contribution in [0.25, 0.3) is 10.9 Å². The van der Waals surface area contributed by atoms with Gasteiger partial charge in [0.15, 0.2) is 0 Å². The van der Waals surface area contributed by atoms with Crippen molar-refractivity contribution < 1.29 is 32.7 Å². The van der Waals surface area contributed by atoms with Crippen LogP contribution in [0.5, 0.6) is 0 Å². The molecule has 8 nitrogen and oxygen atoms in total. The first-order valence-corrected chi connectivity index (χ1v) is 12.0. The van der Waals surface area contributed by atoms with E-state index in [0.717, 1.165) is 27.6 Å². The van der Waals surface area contributed by atoms with Gasteiger partial charge in [0.25, 0.3) is 5.91 Å². The number of amides is 2. The number of benzene rings is 2. The van der Waals surface area contributed by atoms with Crippen LogP contribution >= 0.6 is 0 Å². The second-order valence-electron chi connectivity index (χ2n) is 8.95. The summed E-state index contributed by atoms with van der Waals surface area (Å²) >= 11 is 0. The molecule has 4 N–H and O–H groups in total. The highest BCUT2D eigenvalue weighted by molar-refractivity contribution is 5.84. The molecule has 0 saturated heterocycles. The predicted octanol–water partition coefficient (Wildman–Crippen LogP) is 3.72. The van der Waals surface area contributed by atoms with Gasteiger partial charge in [-0.25, -0.2) is 10.3 Å². The molecule has 0 fully saturated rings. The summed E-state index contributed by atoms with van der Waals surface area (Å²) in [6, 6.07) is 15.5. The molecule has 1 aromatic heterocycles. The third-order valence-electron chi connectivity index (χ3n) is 6.31. The lowest BCUT2D eigenvalue weighted by atomic mass is 9.79. The minimum absolute atomic E-state index is 0.0781. The van der Waals surface area contributed by atoms with Crippen LogP contribution in [-0.4, -0.2) is 59.5 Å². The van der Waals surface area contributed by atoms with Crippen LogP contribution in [0.1, 0.15) is 22.6 Å². The largest absolute Gasteiger partial charge is 0.448 e. The summed E-state index contributed by atoms with van der Waals surface area (Å²) in [5.41, 5.74) is 5.61. The van der Waals surface area contributed by atoms with Gasteiger partial charge in [-0.05, 0) is 29.2 Å². The number of nitrogens with one attached hydrogen (secondary N) is 3. The number of rotatable bonds is 11. The minimum Gasteiger partial charge on any atom is -0.448 e. The zero-order valence-corrected chi connectivity index (χ0v) is 20.3. The Morgan fingerprint density at radius 2 is 1.84 bits per heavy atom. The van der Waals surface area contributed by atoms with E-state index in [2.05, 4.69) is 21.7 Å². The Morgan fingerprint density at radius 3 is 2.53 bits per heavy atom. The molecule has 2 amide bonds. The van der Waals surface area contributed by atoms with Crippen LogP contribution in [0.15, 0.2) is 54.7 Å². The lowest BCUT2D eigenvalue weighted by Crippen LogP contribution is -2.36. The molecule has 0 saturated carbocycles. The highest BCUT2D eigenvalue weighted by Gasteiger charge is 2.32. The maximum atomic E-state index is 12.3. The number of halogens is 3. The lowest BCUT2D eigenvalue weighted by molar-refractivity contribution is -0.132. The predicted molar refractivity (Wildman–Crippen MR) is 133 cm³/mol. The average Bonchev–Trinajstić information content (AvgIpc) is 3.29. The fourth-order valence-electron chi connectivity index (χ4n) is 4.28. The molecular weight excluding hydrogens is 501 g/mol. The minimum atomic E-state index is -4.51. The van der Waals surface area contributed by atoms with Gasteiger partial charge in [0.05, 0.1) is 5.92 Å². The van der Waals surface area contributed by atoms with E-state index in [4.69, 9.17) is 9.94 Å². The second kappa shape index (κ2) is 12.0. The van der Waals surface area contributed by atoms with Gasteiger partial charge in [0.2, 0.25) is 0 Å². The standard InChI is InChI=1S/C27H27F3N4O4/c28-27(29,30)17-32-26(36)38-14-13-34(12-11-20-15-31-24-4-2-1-3-22(20)24)16-18-5-7-19(8-6-18)21-9-10-23(21)25(35)33-37/h1-8,15,21,23,31,37H,11-14,16-17H2,(H,32,36)(H,33,35). The van der Waals surface area contributed by atoms with Gasteiger partial charge < -0.3 is 15.0 Å². The summed E-state index contributed by atoms with van der Waals surface area (Å²) in [6.07, 6.45) is -2.97. The van der Waals surface area contributed by atoms with Crippen LogP contribution in [0, 0.1) is 17.8 Å². The maximum absolute atomic E-state index is 12.3. The molecule has 200 valence electrons. The van der Waals surface area contributed by atoms with E-state index in [-0.39, 0.29) is 12.5 Å². The van der Waals surface area contributed by atoms with E-state index < -0.39 is 30.6 Å². The highest BCUT2D eigenvalue weighted by Crippen LogP contribution is 2.30. The summed E-state index contributed by atoms with van der Waals surface area (Å²) in [6.45, 7) is -0.0899. The number of hydrogen-bond acceptors (Lipinski definition) is 5. The molecule has 0 radical (unpaired) electrons. The number of carbonyl (C=O) groups excluding carboxylic acids is 2. The van der Waals surface area contributed by atoms with Crippen LogP contribution in [0.4, 0.5) is 18.0 Å². The van der Waals surface area contributed by atoms with E-state index in [1.54, 1.807) is 10.8 Å². The first kappa shape index (κ1) is 27.0. The number of nitrogens with zero attached hydrogens (tertiary/aromatic N) is 1. The van der Waals surface area contributed by atoms with E-state index in [1.165, 1.54) is 0 Å². The van der Waals surface area contributed by atoms with Crippen LogP contribution in [0.3, 0.4) is 0 Å². The van der Waals surface area contributed by atoms with Crippen molar-refractivity contribution in [2.24, 2.45) is 5.92 Å². The van der Waals surface area contributed by atoms with Gasteiger partial charge in [-0.2, -0.15) is 13.2 Å². The molecule has 0 spiro atoms. The van der Waals surface area contributed by atoms with Crippen molar-refractivity contribution in [1.82, 2.24) is 20.7 Å². The number of fused-ring (bicyclic) bond motifs is 1. The van der Waals surface area contributed by atoms with Gasteiger partial charge in [-0.1, -0.05) is 54.3 Å². The molecular formula is C27H27F3N4O4. The Kier molecular flexibility index (Phi) is 8.55. The van der Waals surface area contributed by atoms with Crippen LogP contribution < -0.4 is 10.8 Å². The molecule has 1 heterocycles. The number of alkyl halides is 3. The number of carbonyl (C=O) groups is 2. The van der Waals surface area contributed by atoms with Crippen molar-refractivity contribution in [2.75, 3.05) is 26.2 Å². The number of aromatic nitrogens is 1. The number of H-pyrrole nitrogens is 1. The fraction of sp³-hybridized carbons (Fsp3) is 0.333. The summed E-state index contributed by atoms with van der Waals surface area (Å²) < 4.78 is 41.9. The van der Waals surface area contributed by atoms with Gasteiger partial charge in [-0.15, -0.1) is 0 Å². The van der Waals surface area contributed by atoms with Crippen molar-refractivity contribution in [3.05, 3.63) is 71.4 Å². The molecule has 2 unspecified atom stereocenters. The topological polar surface area (TPSA) is 107 Å². The molecule has 11 heteroatoms. The number of aromatic amines is 1. The first-order valence-electron chi connectivity index (χ1n) is 12.0. The Morgan fingerprint density at radius 1 is 1.08 bits per heavy atom. The van der Waals surface area contributed by atoms with Crippen molar-refractivity contribution in [1.29, 1.82) is 0 Å². The fourth-order valence-corrected chi connectivity index (χ4v) is 4.28. The molecule has 2 aromatic carbocycles. The molecule has 0 bridgehead atoms. The number of hydroxylamine groups is 1. The molecule has 0 aliphatic heterocycles. The molecule has 3 aromatic rings. The highest BCUT2D eigenvalue weighted by atomic mass is 19.4. The number of para-hydroxylation sites is 1. The summed E-state index contributed by atoms with van der Waals surface area (Å²) in [5.74, 6) is 4.24. The maximum Gasteiger partial charge on any atom is 0.407 e. The van der Waals surface area contributed by atoms with E-state index >= 15 is 0 Å². The monoisotopic (exact) mass is 528 g/mol. The van der Waals surface area contributed by atoms with Gasteiger partial charge in [0.1, 0.15) is 19.1 Å². The van der Waals surface area contributed by atoms with Gasteiger partial charge in [-0.3, -0.25) is 14.9 Å². The molecule has 1 aliphatic carbocycles. The first-order chi connectivity index (χ1) is 18.2. The van der Waals surface area contributed by atoms with Crippen molar-refractivity contribution in [3.63, 3.8) is 0 Å². The quantitative estimate of drug-likeness (QED) is 0.172. The van der Waals surface area contributed by atoms with Crippen molar-refractivity contribution in [2.45, 2.75) is 25.1 Å². The van der Waals surface area contributed by atoms with E-state index in [1.807, 2.05) is 54.7 Å². The van der Waals surface area contributed by atoms with E-state index in [9.17, 15) is 22.8 Å². The molecule has 38 heavy (non-hydrogen) atoms. The SMILES string of the molecule is O=C(NCC(F)(F)F)OCCN(CCc1c[nH]c2ccccc12)Cc1ccc(C2C#CC2C(=O)NO)cc1. The second-order valence-corrected chi connectivity index (χ2v) is 8.95. The Balaban J connectivity index is 1.38. The smallest absolute Gasteiger partial charge is 0.407 e. The van der Waals surface area contributed by atoms with Crippen molar-refractivity contribution >= 4 is 22.9 Å².